The van der Waals surface area contributed by atoms with Crippen molar-refractivity contribution in [2.24, 2.45) is 0 Å². The highest BCUT2D eigenvalue weighted by Crippen LogP contribution is 2.16. The van der Waals surface area contributed by atoms with Crippen molar-refractivity contribution in [1.82, 2.24) is 25.1 Å². The number of hydrogen-bond acceptors (Lipinski definition) is 4. The molecule has 2 heterocycles. The molecule has 0 fully saturated rings. The fraction of sp³-hybridized carbons (Fsp3) is 0.333. The summed E-state index contributed by atoms with van der Waals surface area (Å²) in [6.45, 7) is 3.49. The number of rotatable bonds is 4. The van der Waals surface area contributed by atoms with Crippen LogP contribution in [-0.4, -0.2) is 28.8 Å². The minimum atomic E-state index is -3.55. The number of nitrogens with zero attached hydrogens (tertiary/aromatic N) is 2. The summed E-state index contributed by atoms with van der Waals surface area (Å²) in [5.74, 6) is 0. The van der Waals surface area contributed by atoms with Crippen LogP contribution in [0.15, 0.2) is 17.2 Å². The summed E-state index contributed by atoms with van der Waals surface area (Å²) in [6.07, 6.45) is 1.57. The van der Waals surface area contributed by atoms with Crippen molar-refractivity contribution in [3.05, 3.63) is 29.3 Å². The second kappa shape index (κ2) is 4.30. The molecule has 0 aliphatic heterocycles. The topological polar surface area (TPSA) is 104 Å². The standard InChI is InChI=1S/C9H13N5O2S/c1-6-9(7(2)13-12-6)17(15,16)11-5-8-3-4-10-14-8/h3-4,11H,5H2,1-2H3,(H,10,14)(H,12,13). The molecule has 17 heavy (non-hydrogen) atoms. The Kier molecular flexibility index (Phi) is 2.99. The van der Waals surface area contributed by atoms with Gasteiger partial charge in [-0.15, -0.1) is 0 Å². The highest BCUT2D eigenvalue weighted by atomic mass is 32.2. The molecule has 0 bridgehead atoms. The summed E-state index contributed by atoms with van der Waals surface area (Å²) >= 11 is 0. The fourth-order valence-corrected chi connectivity index (χ4v) is 2.94. The smallest absolute Gasteiger partial charge is 0.244 e. The molecule has 0 aliphatic rings. The molecule has 0 unspecified atom stereocenters. The number of nitrogens with one attached hydrogen (secondary N) is 3. The Morgan fingerprint density at radius 1 is 1.35 bits per heavy atom. The molecular weight excluding hydrogens is 242 g/mol. The van der Waals surface area contributed by atoms with E-state index in [9.17, 15) is 8.42 Å². The third-order valence-electron chi connectivity index (χ3n) is 2.34. The molecule has 0 amide bonds. The first kappa shape index (κ1) is 11.8. The van der Waals surface area contributed by atoms with Gasteiger partial charge in [-0.1, -0.05) is 0 Å². The van der Waals surface area contributed by atoms with Gasteiger partial charge in [0.05, 0.1) is 23.6 Å². The van der Waals surface area contributed by atoms with Gasteiger partial charge in [-0.25, -0.2) is 13.1 Å². The maximum absolute atomic E-state index is 12.0. The molecule has 0 aliphatic carbocycles. The van der Waals surface area contributed by atoms with E-state index in [1.807, 2.05) is 0 Å². The molecule has 8 heteroatoms. The first-order valence-electron chi connectivity index (χ1n) is 5.00. The van der Waals surface area contributed by atoms with Gasteiger partial charge in [-0.3, -0.25) is 10.2 Å². The number of H-pyrrole nitrogens is 2. The summed E-state index contributed by atoms with van der Waals surface area (Å²) in [7, 11) is -3.55. The third-order valence-corrected chi connectivity index (χ3v) is 4.00. The Hall–Kier alpha value is -1.67. The Balaban J connectivity index is 2.20. The molecule has 0 aromatic carbocycles. The number of sulfonamides is 1. The van der Waals surface area contributed by atoms with Crippen LogP contribution in [0.5, 0.6) is 0 Å². The second-order valence-electron chi connectivity index (χ2n) is 3.67. The van der Waals surface area contributed by atoms with Gasteiger partial charge in [0, 0.05) is 6.20 Å². The predicted octanol–water partition coefficient (Wildman–Crippen LogP) is 0.228. The largest absolute Gasteiger partial charge is 0.281 e. The van der Waals surface area contributed by atoms with Crippen LogP contribution in [0, 0.1) is 13.8 Å². The second-order valence-corrected chi connectivity index (χ2v) is 5.37. The summed E-state index contributed by atoms with van der Waals surface area (Å²) in [5.41, 5.74) is 1.69. The molecule has 0 saturated heterocycles. The quantitative estimate of drug-likeness (QED) is 0.727. The van der Waals surface area contributed by atoms with E-state index in [-0.39, 0.29) is 11.4 Å². The first-order valence-corrected chi connectivity index (χ1v) is 6.48. The summed E-state index contributed by atoms with van der Waals surface area (Å²) in [6, 6.07) is 1.71. The number of aromatic nitrogens is 4. The number of aryl methyl sites for hydroxylation is 2. The van der Waals surface area contributed by atoms with Gasteiger partial charge in [0.25, 0.3) is 0 Å². The highest BCUT2D eigenvalue weighted by molar-refractivity contribution is 7.89. The minimum Gasteiger partial charge on any atom is -0.281 e. The molecule has 0 spiro atoms. The van der Waals surface area contributed by atoms with Crippen LogP contribution in [0.25, 0.3) is 0 Å². The average Bonchev–Trinajstić information content (AvgIpc) is 2.86. The average molecular weight is 255 g/mol. The summed E-state index contributed by atoms with van der Waals surface area (Å²) in [5, 5.41) is 12.9. The lowest BCUT2D eigenvalue weighted by Crippen LogP contribution is -2.24. The fourth-order valence-electron chi connectivity index (χ4n) is 1.56. The monoisotopic (exact) mass is 255 g/mol. The number of aromatic amines is 2. The summed E-state index contributed by atoms with van der Waals surface area (Å²) < 4.78 is 26.5. The molecule has 3 N–H and O–H groups in total. The summed E-state index contributed by atoms with van der Waals surface area (Å²) in [4.78, 5) is 0.206. The zero-order valence-electron chi connectivity index (χ0n) is 9.48. The van der Waals surface area contributed by atoms with E-state index < -0.39 is 10.0 Å². The third kappa shape index (κ3) is 2.37. The van der Waals surface area contributed by atoms with Gasteiger partial charge in [0.15, 0.2) is 0 Å². The minimum absolute atomic E-state index is 0.173. The van der Waals surface area contributed by atoms with Gasteiger partial charge in [0.1, 0.15) is 4.90 Å². The number of hydrogen-bond donors (Lipinski definition) is 3. The zero-order valence-corrected chi connectivity index (χ0v) is 10.3. The molecule has 2 aromatic heterocycles. The van der Waals surface area contributed by atoms with Crippen LogP contribution >= 0.6 is 0 Å². The van der Waals surface area contributed by atoms with Crippen LogP contribution in [0.2, 0.25) is 0 Å². The highest BCUT2D eigenvalue weighted by Gasteiger charge is 2.21. The van der Waals surface area contributed by atoms with Crippen LogP contribution < -0.4 is 4.72 Å². The molecule has 2 aromatic rings. The van der Waals surface area contributed by atoms with Crippen molar-refractivity contribution in [3.63, 3.8) is 0 Å². The molecule has 0 radical (unpaired) electrons. The molecule has 0 saturated carbocycles. The normalized spacial score (nSPS) is 11.9. The van der Waals surface area contributed by atoms with Gasteiger partial charge in [-0.2, -0.15) is 10.2 Å². The maximum atomic E-state index is 12.0. The van der Waals surface area contributed by atoms with E-state index in [0.717, 1.165) is 0 Å². The van der Waals surface area contributed by atoms with Crippen molar-refractivity contribution in [2.75, 3.05) is 0 Å². The lowest BCUT2D eigenvalue weighted by molar-refractivity contribution is 0.579. The lowest BCUT2D eigenvalue weighted by Gasteiger charge is -2.05. The van der Waals surface area contributed by atoms with E-state index in [1.54, 1.807) is 26.1 Å². The Morgan fingerprint density at radius 2 is 2.12 bits per heavy atom. The molecular formula is C9H13N5O2S. The lowest BCUT2D eigenvalue weighted by atomic mass is 10.4. The van der Waals surface area contributed by atoms with Crippen molar-refractivity contribution in [1.29, 1.82) is 0 Å². The van der Waals surface area contributed by atoms with E-state index >= 15 is 0 Å². The Morgan fingerprint density at radius 3 is 2.65 bits per heavy atom. The van der Waals surface area contributed by atoms with Crippen LogP contribution in [-0.2, 0) is 16.6 Å². The van der Waals surface area contributed by atoms with Gasteiger partial charge in [-0.05, 0) is 19.9 Å². The van der Waals surface area contributed by atoms with Crippen molar-refractivity contribution >= 4 is 10.0 Å². The van der Waals surface area contributed by atoms with Gasteiger partial charge >= 0.3 is 0 Å². The van der Waals surface area contributed by atoms with Crippen molar-refractivity contribution in [2.45, 2.75) is 25.3 Å². The van der Waals surface area contributed by atoms with Gasteiger partial charge < -0.3 is 0 Å². The van der Waals surface area contributed by atoms with Crippen molar-refractivity contribution < 1.29 is 8.42 Å². The van der Waals surface area contributed by atoms with E-state index in [2.05, 4.69) is 25.1 Å². The van der Waals surface area contributed by atoms with Crippen LogP contribution in [0.3, 0.4) is 0 Å². The van der Waals surface area contributed by atoms with Crippen LogP contribution in [0.1, 0.15) is 17.1 Å². The van der Waals surface area contributed by atoms with E-state index in [0.29, 0.717) is 17.1 Å². The molecule has 92 valence electrons. The van der Waals surface area contributed by atoms with Crippen LogP contribution in [0.4, 0.5) is 0 Å². The maximum Gasteiger partial charge on any atom is 0.244 e. The molecule has 0 atom stereocenters. The predicted molar refractivity (Wildman–Crippen MR) is 60.7 cm³/mol. The van der Waals surface area contributed by atoms with Gasteiger partial charge in [0.2, 0.25) is 10.0 Å². The zero-order chi connectivity index (χ0) is 12.5. The van der Waals surface area contributed by atoms with E-state index in [4.69, 9.17) is 0 Å². The SMILES string of the molecule is Cc1n[nH]c(C)c1S(=O)(=O)NCc1ccn[nH]1. The first-order chi connectivity index (χ1) is 8.00. The van der Waals surface area contributed by atoms with E-state index in [1.165, 1.54) is 0 Å². The Labute approximate surface area is 98.7 Å². The molecule has 7 nitrogen and oxygen atoms in total. The van der Waals surface area contributed by atoms with Crippen molar-refractivity contribution in [3.8, 4) is 0 Å². The molecule has 2 rings (SSSR count). The Bertz CT molecular complexity index is 580.